The highest BCUT2D eigenvalue weighted by atomic mass is 35.5. The Labute approximate surface area is 178 Å². The minimum Gasteiger partial charge on any atom is -0.312 e. The van der Waals surface area contributed by atoms with E-state index in [1.54, 1.807) is 0 Å². The number of alkyl halides is 1. The van der Waals surface area contributed by atoms with Crippen molar-refractivity contribution in [3.8, 4) is 0 Å². The van der Waals surface area contributed by atoms with Crippen LogP contribution in [0.1, 0.15) is 65.7 Å². The third-order valence-corrected chi connectivity index (χ3v) is 6.57. The lowest BCUT2D eigenvalue weighted by atomic mass is 9.53. The summed E-state index contributed by atoms with van der Waals surface area (Å²) in [5.41, 5.74) is 2.06. The molecule has 4 rings (SSSR count). The van der Waals surface area contributed by atoms with Crippen LogP contribution in [0.3, 0.4) is 0 Å². The first-order chi connectivity index (χ1) is 12.0. The minimum absolute atomic E-state index is 0. The van der Waals surface area contributed by atoms with Crippen molar-refractivity contribution >= 4 is 24.8 Å². The SMILES string of the molecule is CC(C)=CCC/C(C)=C/CNCCNC1C2CC3CC1CC(F)(C3)C2.Cl.Cl. The maximum atomic E-state index is 14.7. The van der Waals surface area contributed by atoms with Gasteiger partial charge in [-0.1, -0.05) is 23.3 Å². The van der Waals surface area contributed by atoms with Crippen LogP contribution in [0.2, 0.25) is 0 Å². The predicted octanol–water partition coefficient (Wildman–Crippen LogP) is 5.62. The van der Waals surface area contributed by atoms with Crippen molar-refractivity contribution in [3.63, 3.8) is 0 Å². The van der Waals surface area contributed by atoms with Gasteiger partial charge in [-0.3, -0.25) is 0 Å². The third kappa shape index (κ3) is 7.03. The Bertz CT molecular complexity index is 500. The fourth-order valence-corrected chi connectivity index (χ4v) is 5.62. The first-order valence-corrected chi connectivity index (χ1v) is 10.4. The summed E-state index contributed by atoms with van der Waals surface area (Å²) in [7, 11) is 0. The molecule has 0 heterocycles. The zero-order chi connectivity index (χ0) is 17.9. The molecule has 2 N–H and O–H groups in total. The first-order valence-electron chi connectivity index (χ1n) is 10.4. The molecule has 4 aliphatic carbocycles. The summed E-state index contributed by atoms with van der Waals surface area (Å²) in [4.78, 5) is 0. The summed E-state index contributed by atoms with van der Waals surface area (Å²) in [6.07, 6.45) is 11.9. The van der Waals surface area contributed by atoms with Gasteiger partial charge >= 0.3 is 0 Å². The molecule has 5 heteroatoms. The van der Waals surface area contributed by atoms with Gasteiger partial charge in [-0.25, -0.2) is 4.39 Å². The fourth-order valence-electron chi connectivity index (χ4n) is 5.62. The van der Waals surface area contributed by atoms with Crippen LogP contribution in [0, 0.1) is 17.8 Å². The molecule has 2 unspecified atom stereocenters. The standard InChI is InChI=1S/C22H37FN2.2ClH/c1-16(2)5-4-6-17(3)7-8-24-9-10-25-21-19-11-18-12-20(21)15-22(23,13-18)14-19;;/h5,7,18-21,24-25H,4,6,8-15H2,1-3H3;2*1H/b17-7+;;. The number of hydrogen-bond donors (Lipinski definition) is 2. The molecule has 0 saturated heterocycles. The molecule has 0 aliphatic heterocycles. The highest BCUT2D eigenvalue weighted by Crippen LogP contribution is 2.57. The fraction of sp³-hybridized carbons (Fsp3) is 0.818. The van der Waals surface area contributed by atoms with Crippen LogP contribution in [-0.2, 0) is 0 Å². The van der Waals surface area contributed by atoms with Crippen molar-refractivity contribution in [2.24, 2.45) is 17.8 Å². The van der Waals surface area contributed by atoms with Crippen molar-refractivity contribution in [3.05, 3.63) is 23.3 Å². The summed E-state index contributed by atoms with van der Waals surface area (Å²) in [6.45, 7) is 9.49. The Kier molecular flexibility index (Phi) is 10.3. The van der Waals surface area contributed by atoms with Crippen molar-refractivity contribution in [2.45, 2.75) is 77.4 Å². The maximum Gasteiger partial charge on any atom is 0.112 e. The zero-order valence-corrected chi connectivity index (χ0v) is 18.9. The molecule has 2 atom stereocenters. The molecule has 0 aromatic heterocycles. The van der Waals surface area contributed by atoms with Gasteiger partial charge in [-0.15, -0.1) is 24.8 Å². The molecular weight excluding hydrogens is 382 g/mol. The van der Waals surface area contributed by atoms with E-state index in [0.717, 1.165) is 51.7 Å². The molecule has 0 spiro atoms. The number of nitrogens with one attached hydrogen (secondary N) is 2. The largest absolute Gasteiger partial charge is 0.312 e. The Morgan fingerprint density at radius 2 is 1.67 bits per heavy atom. The normalized spacial score (nSPS) is 34.0. The van der Waals surface area contributed by atoms with Crippen LogP contribution in [-0.4, -0.2) is 31.3 Å². The monoisotopic (exact) mass is 420 g/mol. The molecule has 4 saturated carbocycles. The molecule has 27 heavy (non-hydrogen) atoms. The maximum absolute atomic E-state index is 14.7. The van der Waals surface area contributed by atoms with Gasteiger partial charge in [-0.2, -0.15) is 0 Å². The van der Waals surface area contributed by atoms with Gasteiger partial charge in [0.15, 0.2) is 0 Å². The van der Waals surface area contributed by atoms with E-state index >= 15 is 0 Å². The average molecular weight is 421 g/mol. The number of allylic oxidation sites excluding steroid dienone is 3. The van der Waals surface area contributed by atoms with Crippen LogP contribution in [0.5, 0.6) is 0 Å². The van der Waals surface area contributed by atoms with E-state index in [2.05, 4.69) is 43.6 Å². The lowest BCUT2D eigenvalue weighted by Gasteiger charge is -2.57. The van der Waals surface area contributed by atoms with Gasteiger partial charge in [0, 0.05) is 25.7 Å². The van der Waals surface area contributed by atoms with Crippen molar-refractivity contribution in [2.75, 3.05) is 19.6 Å². The minimum atomic E-state index is -0.805. The summed E-state index contributed by atoms with van der Waals surface area (Å²) >= 11 is 0. The third-order valence-electron chi connectivity index (χ3n) is 6.57. The van der Waals surface area contributed by atoms with Crippen LogP contribution < -0.4 is 10.6 Å². The quantitative estimate of drug-likeness (QED) is 0.373. The molecule has 0 amide bonds. The second-order valence-electron chi connectivity index (χ2n) is 9.18. The summed E-state index contributed by atoms with van der Waals surface area (Å²) < 4.78 is 14.7. The summed E-state index contributed by atoms with van der Waals surface area (Å²) in [6, 6.07) is 0.573. The average Bonchev–Trinajstić information content (AvgIpc) is 2.50. The van der Waals surface area contributed by atoms with E-state index in [4.69, 9.17) is 0 Å². The van der Waals surface area contributed by atoms with Gasteiger partial charge in [0.25, 0.3) is 0 Å². The zero-order valence-electron chi connectivity index (χ0n) is 17.2. The Hall–Kier alpha value is -0.0900. The van der Waals surface area contributed by atoms with Gasteiger partial charge in [-0.05, 0) is 83.5 Å². The smallest absolute Gasteiger partial charge is 0.112 e. The van der Waals surface area contributed by atoms with Gasteiger partial charge in [0.05, 0.1) is 0 Å². The molecular formula is C22H39Cl2FN2. The Morgan fingerprint density at radius 1 is 1.00 bits per heavy atom. The second-order valence-corrected chi connectivity index (χ2v) is 9.18. The number of hydrogen-bond acceptors (Lipinski definition) is 2. The van der Waals surface area contributed by atoms with Crippen molar-refractivity contribution in [1.29, 1.82) is 0 Å². The molecule has 0 radical (unpaired) electrons. The molecule has 2 nitrogen and oxygen atoms in total. The van der Waals surface area contributed by atoms with E-state index in [1.807, 2.05) is 0 Å². The van der Waals surface area contributed by atoms with Crippen molar-refractivity contribution in [1.82, 2.24) is 10.6 Å². The van der Waals surface area contributed by atoms with Crippen LogP contribution in [0.25, 0.3) is 0 Å². The predicted molar refractivity (Wildman–Crippen MR) is 119 cm³/mol. The van der Waals surface area contributed by atoms with Gasteiger partial charge in [0.1, 0.15) is 5.67 Å². The van der Waals surface area contributed by atoms with Crippen LogP contribution >= 0.6 is 24.8 Å². The van der Waals surface area contributed by atoms with E-state index in [0.29, 0.717) is 23.8 Å². The highest BCUT2D eigenvalue weighted by molar-refractivity contribution is 5.85. The molecule has 0 aromatic carbocycles. The Balaban J connectivity index is 0.00000182. The van der Waals surface area contributed by atoms with Gasteiger partial charge in [0.2, 0.25) is 0 Å². The lowest BCUT2D eigenvalue weighted by molar-refractivity contribution is -0.0925. The molecule has 4 aliphatic rings. The molecule has 0 aromatic rings. The van der Waals surface area contributed by atoms with Crippen LogP contribution in [0.15, 0.2) is 23.3 Å². The van der Waals surface area contributed by atoms with E-state index < -0.39 is 5.67 Å². The van der Waals surface area contributed by atoms with E-state index in [1.165, 1.54) is 24.0 Å². The molecule has 158 valence electrons. The van der Waals surface area contributed by atoms with Gasteiger partial charge < -0.3 is 10.6 Å². The van der Waals surface area contributed by atoms with E-state index in [9.17, 15) is 4.39 Å². The topological polar surface area (TPSA) is 24.1 Å². The second kappa shape index (κ2) is 11.2. The first kappa shape index (κ1) is 24.9. The Morgan fingerprint density at radius 3 is 2.26 bits per heavy atom. The number of halogens is 3. The molecule has 4 fully saturated rings. The summed E-state index contributed by atoms with van der Waals surface area (Å²) in [5, 5.41) is 7.28. The van der Waals surface area contributed by atoms with Crippen molar-refractivity contribution < 1.29 is 4.39 Å². The lowest BCUT2D eigenvalue weighted by Crippen LogP contribution is -2.59. The highest BCUT2D eigenvalue weighted by Gasteiger charge is 2.55. The van der Waals surface area contributed by atoms with E-state index in [-0.39, 0.29) is 24.8 Å². The number of rotatable bonds is 9. The van der Waals surface area contributed by atoms with Crippen LogP contribution in [0.4, 0.5) is 4.39 Å². The summed E-state index contributed by atoms with van der Waals surface area (Å²) in [5.74, 6) is 1.86. The molecule has 4 bridgehead atoms.